The molecule has 3 aromatic rings. The quantitative estimate of drug-likeness (QED) is 0.802. The van der Waals surface area contributed by atoms with E-state index in [2.05, 4.69) is 4.98 Å². The maximum atomic E-state index is 13.2. The highest BCUT2D eigenvalue weighted by Crippen LogP contribution is 2.20. The van der Waals surface area contributed by atoms with E-state index in [-0.39, 0.29) is 11.5 Å². The van der Waals surface area contributed by atoms with Gasteiger partial charge in [0.1, 0.15) is 0 Å². The molecule has 0 radical (unpaired) electrons. The zero-order valence-corrected chi connectivity index (χ0v) is 10.6. The van der Waals surface area contributed by atoms with E-state index in [9.17, 15) is 13.6 Å². The molecule has 3 rings (SSSR count). The summed E-state index contributed by atoms with van der Waals surface area (Å²) in [5.74, 6) is -3.16. The number of aromatic carboxylic acids is 1. The third kappa shape index (κ3) is 2.60. The molecule has 0 saturated heterocycles. The number of benzene rings is 1. The number of nitrogens with zero attached hydrogens (tertiary/aromatic N) is 1. The van der Waals surface area contributed by atoms with E-state index in [1.54, 1.807) is 6.07 Å². The molecule has 0 bridgehead atoms. The van der Waals surface area contributed by atoms with Crippen molar-refractivity contribution in [3.63, 3.8) is 0 Å². The molecule has 0 atom stereocenters. The molecule has 1 aromatic carbocycles. The standard InChI is InChI=1S/C15H9F2NO3/c16-11-2-1-8(5-12(11)17)3-9-4-10-6-13(15(19)20)21-14(10)18-7-9/h1-2,4-7H,3H2,(H,19,20). The molecule has 1 N–H and O–H groups in total. The molecular weight excluding hydrogens is 280 g/mol. The summed E-state index contributed by atoms with van der Waals surface area (Å²) in [7, 11) is 0. The third-order valence-corrected chi connectivity index (χ3v) is 3.03. The van der Waals surface area contributed by atoms with E-state index in [0.717, 1.165) is 17.7 Å². The second-order valence-electron chi connectivity index (χ2n) is 4.58. The van der Waals surface area contributed by atoms with Gasteiger partial charge < -0.3 is 9.52 Å². The molecule has 0 saturated carbocycles. The van der Waals surface area contributed by atoms with Gasteiger partial charge >= 0.3 is 5.97 Å². The largest absolute Gasteiger partial charge is 0.475 e. The summed E-state index contributed by atoms with van der Waals surface area (Å²) in [6.07, 6.45) is 1.87. The Hall–Kier alpha value is -2.76. The molecule has 0 unspecified atom stereocenters. The molecule has 0 aliphatic carbocycles. The summed E-state index contributed by atoms with van der Waals surface area (Å²) in [5, 5.41) is 9.40. The lowest BCUT2D eigenvalue weighted by molar-refractivity contribution is 0.0664. The summed E-state index contributed by atoms with van der Waals surface area (Å²) in [5.41, 5.74) is 1.56. The lowest BCUT2D eigenvalue weighted by atomic mass is 10.1. The van der Waals surface area contributed by atoms with Crippen LogP contribution in [0.5, 0.6) is 0 Å². The number of rotatable bonds is 3. The number of halogens is 2. The normalized spacial score (nSPS) is 11.0. The predicted octanol–water partition coefficient (Wildman–Crippen LogP) is 3.40. The van der Waals surface area contributed by atoms with Crippen LogP contribution in [0.1, 0.15) is 21.7 Å². The second kappa shape index (κ2) is 4.97. The van der Waals surface area contributed by atoms with Crippen LogP contribution in [0.15, 0.2) is 40.9 Å². The van der Waals surface area contributed by atoms with E-state index in [1.165, 1.54) is 18.3 Å². The second-order valence-corrected chi connectivity index (χ2v) is 4.58. The highest BCUT2D eigenvalue weighted by Gasteiger charge is 2.12. The smallest absolute Gasteiger partial charge is 0.371 e. The van der Waals surface area contributed by atoms with Crippen molar-refractivity contribution in [2.24, 2.45) is 0 Å². The first-order valence-corrected chi connectivity index (χ1v) is 6.08. The van der Waals surface area contributed by atoms with Crippen molar-refractivity contribution < 1.29 is 23.1 Å². The van der Waals surface area contributed by atoms with Gasteiger partial charge in [-0.1, -0.05) is 6.07 Å². The minimum Gasteiger partial charge on any atom is -0.475 e. The van der Waals surface area contributed by atoms with Crippen molar-refractivity contribution in [3.8, 4) is 0 Å². The van der Waals surface area contributed by atoms with E-state index >= 15 is 0 Å². The average molecular weight is 289 g/mol. The minimum atomic E-state index is -1.17. The molecule has 106 valence electrons. The fourth-order valence-corrected chi connectivity index (χ4v) is 2.07. The first-order chi connectivity index (χ1) is 10.0. The van der Waals surface area contributed by atoms with Crippen molar-refractivity contribution in [3.05, 3.63) is 65.1 Å². The molecule has 2 heterocycles. The lowest BCUT2D eigenvalue weighted by Crippen LogP contribution is -1.92. The first-order valence-electron chi connectivity index (χ1n) is 6.08. The number of hydrogen-bond donors (Lipinski definition) is 1. The van der Waals surface area contributed by atoms with Crippen molar-refractivity contribution in [2.75, 3.05) is 0 Å². The molecule has 6 heteroatoms. The molecular formula is C15H9F2NO3. The minimum absolute atomic E-state index is 0.192. The average Bonchev–Trinajstić information content (AvgIpc) is 2.86. The summed E-state index contributed by atoms with van der Waals surface area (Å²) in [6.45, 7) is 0. The SMILES string of the molecule is O=C(O)c1cc2cc(Cc3ccc(F)c(F)c3)cnc2o1. The van der Waals surface area contributed by atoms with Gasteiger partial charge in [0.15, 0.2) is 11.6 Å². The van der Waals surface area contributed by atoms with Crippen molar-refractivity contribution in [1.82, 2.24) is 4.98 Å². The van der Waals surface area contributed by atoms with Gasteiger partial charge in [0.05, 0.1) is 0 Å². The fraction of sp³-hybridized carbons (Fsp3) is 0.0667. The molecule has 2 aromatic heterocycles. The van der Waals surface area contributed by atoms with Crippen LogP contribution in [0, 0.1) is 11.6 Å². The third-order valence-electron chi connectivity index (χ3n) is 3.03. The molecule has 0 amide bonds. The van der Waals surface area contributed by atoms with Crippen LogP contribution < -0.4 is 0 Å². The van der Waals surface area contributed by atoms with Crippen LogP contribution >= 0.6 is 0 Å². The Kier molecular flexibility index (Phi) is 3.13. The molecule has 4 nitrogen and oxygen atoms in total. The molecule has 21 heavy (non-hydrogen) atoms. The Morgan fingerprint density at radius 3 is 2.67 bits per heavy atom. The number of hydrogen-bond acceptors (Lipinski definition) is 3. The van der Waals surface area contributed by atoms with Crippen molar-refractivity contribution in [1.29, 1.82) is 0 Å². The predicted molar refractivity (Wildman–Crippen MR) is 70.1 cm³/mol. The first kappa shape index (κ1) is 13.2. The summed E-state index contributed by atoms with van der Waals surface area (Å²) >= 11 is 0. The van der Waals surface area contributed by atoms with Crippen LogP contribution in [0.3, 0.4) is 0 Å². The number of carbonyl (C=O) groups is 1. The van der Waals surface area contributed by atoms with E-state index < -0.39 is 17.6 Å². The maximum Gasteiger partial charge on any atom is 0.371 e. The molecule has 0 spiro atoms. The van der Waals surface area contributed by atoms with Crippen LogP contribution in [-0.2, 0) is 6.42 Å². The molecule has 0 aliphatic heterocycles. The van der Waals surface area contributed by atoms with Gasteiger partial charge in [-0.05, 0) is 35.7 Å². The number of aromatic nitrogens is 1. The Morgan fingerprint density at radius 1 is 1.14 bits per heavy atom. The van der Waals surface area contributed by atoms with Crippen LogP contribution in [0.4, 0.5) is 8.78 Å². The van der Waals surface area contributed by atoms with E-state index in [4.69, 9.17) is 9.52 Å². The van der Waals surface area contributed by atoms with Crippen LogP contribution in [-0.4, -0.2) is 16.1 Å². The van der Waals surface area contributed by atoms with Gasteiger partial charge in [0.2, 0.25) is 11.5 Å². The number of furan rings is 1. The fourth-order valence-electron chi connectivity index (χ4n) is 2.07. The zero-order chi connectivity index (χ0) is 15.0. The monoisotopic (exact) mass is 289 g/mol. The van der Waals surface area contributed by atoms with Crippen LogP contribution in [0.25, 0.3) is 11.1 Å². The topological polar surface area (TPSA) is 63.3 Å². The van der Waals surface area contributed by atoms with Gasteiger partial charge in [-0.25, -0.2) is 18.6 Å². The van der Waals surface area contributed by atoms with E-state index in [1.807, 2.05) is 0 Å². The van der Waals surface area contributed by atoms with Crippen molar-refractivity contribution in [2.45, 2.75) is 6.42 Å². The Labute approximate surface area is 117 Å². The molecule has 0 fully saturated rings. The number of pyridine rings is 1. The van der Waals surface area contributed by atoms with Gasteiger partial charge in [0, 0.05) is 17.6 Å². The molecule has 0 aliphatic rings. The Bertz CT molecular complexity index is 842. The van der Waals surface area contributed by atoms with E-state index in [0.29, 0.717) is 17.4 Å². The Balaban J connectivity index is 1.93. The van der Waals surface area contributed by atoms with Gasteiger partial charge in [-0.2, -0.15) is 0 Å². The lowest BCUT2D eigenvalue weighted by Gasteiger charge is -2.02. The maximum absolute atomic E-state index is 13.2. The van der Waals surface area contributed by atoms with Crippen LogP contribution in [0.2, 0.25) is 0 Å². The van der Waals surface area contributed by atoms with Gasteiger partial charge in [-0.3, -0.25) is 0 Å². The summed E-state index contributed by atoms with van der Waals surface area (Å²) in [4.78, 5) is 14.8. The zero-order valence-electron chi connectivity index (χ0n) is 10.6. The highest BCUT2D eigenvalue weighted by atomic mass is 19.2. The number of carboxylic acid groups (broad SMARTS) is 1. The Morgan fingerprint density at radius 2 is 1.95 bits per heavy atom. The van der Waals surface area contributed by atoms with Crippen molar-refractivity contribution >= 4 is 17.1 Å². The summed E-state index contributed by atoms with van der Waals surface area (Å²) < 4.78 is 31.1. The summed E-state index contributed by atoms with van der Waals surface area (Å²) in [6, 6.07) is 6.76. The van der Waals surface area contributed by atoms with Gasteiger partial charge in [-0.15, -0.1) is 0 Å². The highest BCUT2D eigenvalue weighted by molar-refractivity contribution is 5.90. The van der Waals surface area contributed by atoms with Gasteiger partial charge in [0.25, 0.3) is 0 Å². The number of fused-ring (bicyclic) bond motifs is 1. The number of carboxylic acids is 1.